The number of fused-ring (bicyclic) bond motifs is 5. The van der Waals surface area contributed by atoms with E-state index in [0.29, 0.717) is 35.5 Å². The van der Waals surface area contributed by atoms with Crippen molar-refractivity contribution >= 4 is 5.97 Å². The molecule has 0 aromatic carbocycles. The Labute approximate surface area is 158 Å². The highest BCUT2D eigenvalue weighted by atomic mass is 16.4. The number of carboxylic acids is 1. The van der Waals surface area contributed by atoms with Gasteiger partial charge in [0.05, 0.1) is 11.5 Å². The summed E-state index contributed by atoms with van der Waals surface area (Å²) in [6.45, 7) is 6.98. The van der Waals surface area contributed by atoms with Crippen LogP contribution in [0.15, 0.2) is 0 Å². The second kappa shape index (κ2) is 6.50. The van der Waals surface area contributed by atoms with Crippen LogP contribution in [0.3, 0.4) is 0 Å². The standard InChI is InChI=1S/C23H38O3/c1-4-14(2)20-19(24)13-18-16-9-8-15-7-5-6-11-23(15,21(25)26)17(16)10-12-22(18,20)3/h14-20,24H,4-13H2,1-3H3,(H,25,26)/t14-,15?,16-,17+,18+,19?,20+,22+,23-/m1/s1. The van der Waals surface area contributed by atoms with E-state index in [-0.39, 0.29) is 11.5 Å². The number of carboxylic acid groups (broad SMARTS) is 1. The number of aliphatic hydroxyl groups is 1. The van der Waals surface area contributed by atoms with Crippen LogP contribution < -0.4 is 0 Å². The summed E-state index contributed by atoms with van der Waals surface area (Å²) in [5.41, 5.74) is -0.251. The summed E-state index contributed by atoms with van der Waals surface area (Å²) in [5, 5.41) is 21.3. The molecule has 2 N–H and O–H groups in total. The maximum atomic E-state index is 12.6. The Morgan fingerprint density at radius 3 is 2.58 bits per heavy atom. The lowest BCUT2D eigenvalue weighted by Crippen LogP contribution is -2.57. The Balaban J connectivity index is 1.68. The lowest BCUT2D eigenvalue weighted by Gasteiger charge is -2.59. The highest BCUT2D eigenvalue weighted by molar-refractivity contribution is 5.76. The molecule has 0 aromatic heterocycles. The molecule has 26 heavy (non-hydrogen) atoms. The topological polar surface area (TPSA) is 57.5 Å². The molecular formula is C23H38O3. The van der Waals surface area contributed by atoms with Crippen molar-refractivity contribution in [1.29, 1.82) is 0 Å². The summed E-state index contributed by atoms with van der Waals surface area (Å²) in [7, 11) is 0. The first-order valence-corrected chi connectivity index (χ1v) is 11.3. The van der Waals surface area contributed by atoms with Gasteiger partial charge in [0.1, 0.15) is 0 Å². The first-order chi connectivity index (χ1) is 12.4. The molecule has 148 valence electrons. The monoisotopic (exact) mass is 362 g/mol. The van der Waals surface area contributed by atoms with Crippen LogP contribution in [-0.2, 0) is 4.79 Å². The van der Waals surface area contributed by atoms with Crippen molar-refractivity contribution in [3.05, 3.63) is 0 Å². The molecule has 4 fully saturated rings. The summed E-state index contributed by atoms with van der Waals surface area (Å²) in [5.74, 6) is 2.23. The molecule has 3 nitrogen and oxygen atoms in total. The van der Waals surface area contributed by atoms with E-state index in [4.69, 9.17) is 0 Å². The lowest BCUT2D eigenvalue weighted by molar-refractivity contribution is -0.179. The van der Waals surface area contributed by atoms with Gasteiger partial charge in [0, 0.05) is 0 Å². The molecule has 4 rings (SSSR count). The van der Waals surface area contributed by atoms with E-state index in [1.165, 1.54) is 12.8 Å². The number of rotatable bonds is 3. The Morgan fingerprint density at radius 1 is 1.12 bits per heavy atom. The molecular weight excluding hydrogens is 324 g/mol. The predicted octanol–water partition coefficient (Wildman–Crippen LogP) is 5.12. The van der Waals surface area contributed by atoms with Crippen LogP contribution in [0.2, 0.25) is 0 Å². The van der Waals surface area contributed by atoms with Gasteiger partial charge in [-0.05, 0) is 85.9 Å². The minimum absolute atomic E-state index is 0.191. The number of hydrogen-bond acceptors (Lipinski definition) is 2. The van der Waals surface area contributed by atoms with Crippen LogP contribution in [0.4, 0.5) is 0 Å². The quantitative estimate of drug-likeness (QED) is 0.733. The van der Waals surface area contributed by atoms with Gasteiger partial charge in [0.25, 0.3) is 0 Å². The molecule has 0 aliphatic heterocycles. The molecule has 0 saturated heterocycles. The third kappa shape index (κ3) is 2.38. The third-order valence-corrected chi connectivity index (χ3v) is 9.83. The SMILES string of the molecule is CC[C@@H](C)[C@H]1C(O)C[C@H]2[C@@H]3CCC4CCCC[C@]4(C(=O)O)[C@H]3CC[C@]12C. The summed E-state index contributed by atoms with van der Waals surface area (Å²) in [6, 6.07) is 0. The van der Waals surface area contributed by atoms with E-state index in [2.05, 4.69) is 20.8 Å². The summed E-state index contributed by atoms with van der Waals surface area (Å²) < 4.78 is 0. The summed E-state index contributed by atoms with van der Waals surface area (Å²) in [6.07, 6.45) is 10.7. The highest BCUT2D eigenvalue weighted by Gasteiger charge is 2.65. The molecule has 4 aliphatic rings. The number of hydrogen-bond donors (Lipinski definition) is 2. The van der Waals surface area contributed by atoms with Crippen LogP contribution >= 0.6 is 0 Å². The van der Waals surface area contributed by atoms with Crippen LogP contribution in [0.1, 0.15) is 85.0 Å². The smallest absolute Gasteiger partial charge is 0.310 e. The van der Waals surface area contributed by atoms with Gasteiger partial charge in [0.2, 0.25) is 0 Å². The van der Waals surface area contributed by atoms with Crippen molar-refractivity contribution in [2.75, 3.05) is 0 Å². The fraction of sp³-hybridized carbons (Fsp3) is 0.957. The Morgan fingerprint density at radius 2 is 1.88 bits per heavy atom. The first-order valence-electron chi connectivity index (χ1n) is 11.3. The van der Waals surface area contributed by atoms with Crippen molar-refractivity contribution < 1.29 is 15.0 Å². The molecule has 0 bridgehead atoms. The van der Waals surface area contributed by atoms with Gasteiger partial charge >= 0.3 is 5.97 Å². The summed E-state index contributed by atoms with van der Waals surface area (Å²) >= 11 is 0. The van der Waals surface area contributed by atoms with Crippen molar-refractivity contribution in [3.63, 3.8) is 0 Å². The van der Waals surface area contributed by atoms with Gasteiger partial charge in [0.15, 0.2) is 0 Å². The second-order valence-electron chi connectivity index (χ2n) is 10.5. The lowest BCUT2D eigenvalue weighted by atomic mass is 9.44. The van der Waals surface area contributed by atoms with E-state index >= 15 is 0 Å². The van der Waals surface area contributed by atoms with E-state index < -0.39 is 11.4 Å². The number of aliphatic hydroxyl groups excluding tert-OH is 1. The zero-order valence-corrected chi connectivity index (χ0v) is 16.9. The van der Waals surface area contributed by atoms with E-state index in [1.54, 1.807) is 0 Å². The number of carbonyl (C=O) groups is 1. The van der Waals surface area contributed by atoms with E-state index in [9.17, 15) is 15.0 Å². The second-order valence-corrected chi connectivity index (χ2v) is 10.5. The van der Waals surface area contributed by atoms with Crippen LogP contribution in [0.25, 0.3) is 0 Å². The molecule has 3 heteroatoms. The molecule has 2 unspecified atom stereocenters. The Bertz CT molecular complexity index is 560. The van der Waals surface area contributed by atoms with Crippen molar-refractivity contribution in [3.8, 4) is 0 Å². The first kappa shape index (κ1) is 18.8. The van der Waals surface area contributed by atoms with Crippen molar-refractivity contribution in [1.82, 2.24) is 0 Å². The normalized spacial score (nSPS) is 51.8. The molecule has 0 amide bonds. The molecule has 0 radical (unpaired) electrons. The largest absolute Gasteiger partial charge is 0.481 e. The van der Waals surface area contributed by atoms with E-state index in [0.717, 1.165) is 51.4 Å². The van der Waals surface area contributed by atoms with Crippen LogP contribution in [-0.4, -0.2) is 22.3 Å². The van der Waals surface area contributed by atoms with Crippen LogP contribution in [0.5, 0.6) is 0 Å². The zero-order chi connectivity index (χ0) is 18.7. The maximum Gasteiger partial charge on any atom is 0.310 e. The maximum absolute atomic E-state index is 12.6. The van der Waals surface area contributed by atoms with Crippen molar-refractivity contribution in [2.45, 2.75) is 91.1 Å². The van der Waals surface area contributed by atoms with Crippen molar-refractivity contribution in [2.24, 2.45) is 46.3 Å². The average molecular weight is 363 g/mol. The fourth-order valence-electron chi connectivity index (χ4n) is 8.66. The highest BCUT2D eigenvalue weighted by Crippen LogP contribution is 2.68. The number of aliphatic carboxylic acids is 1. The minimum atomic E-state index is -0.502. The summed E-state index contributed by atoms with van der Waals surface area (Å²) in [4.78, 5) is 12.6. The predicted molar refractivity (Wildman–Crippen MR) is 103 cm³/mol. The Hall–Kier alpha value is -0.570. The van der Waals surface area contributed by atoms with Gasteiger partial charge in [-0.2, -0.15) is 0 Å². The van der Waals surface area contributed by atoms with Gasteiger partial charge in [-0.15, -0.1) is 0 Å². The molecule has 0 spiro atoms. The fourth-order valence-corrected chi connectivity index (χ4v) is 8.66. The van der Waals surface area contributed by atoms with Crippen LogP contribution in [0, 0.1) is 46.3 Å². The molecule has 0 aromatic rings. The van der Waals surface area contributed by atoms with Gasteiger partial charge in [-0.25, -0.2) is 0 Å². The zero-order valence-electron chi connectivity index (χ0n) is 16.9. The van der Waals surface area contributed by atoms with E-state index in [1.807, 2.05) is 0 Å². The third-order valence-electron chi connectivity index (χ3n) is 9.83. The molecule has 0 heterocycles. The Kier molecular flexibility index (Phi) is 4.69. The molecule has 4 saturated carbocycles. The van der Waals surface area contributed by atoms with Gasteiger partial charge in [-0.3, -0.25) is 4.79 Å². The average Bonchev–Trinajstić information content (AvgIpc) is 2.90. The minimum Gasteiger partial charge on any atom is -0.481 e. The van der Waals surface area contributed by atoms with Gasteiger partial charge in [-0.1, -0.05) is 40.0 Å². The molecule has 9 atom stereocenters. The molecule has 4 aliphatic carbocycles. The van der Waals surface area contributed by atoms with Gasteiger partial charge < -0.3 is 10.2 Å².